The Morgan fingerprint density at radius 1 is 1.29 bits per heavy atom. The number of nitrogens with one attached hydrogen (secondary N) is 1. The summed E-state index contributed by atoms with van der Waals surface area (Å²) in [7, 11) is 0. The van der Waals surface area contributed by atoms with E-state index in [4.69, 9.17) is 4.74 Å². The van der Waals surface area contributed by atoms with Crippen molar-refractivity contribution in [3.05, 3.63) is 35.6 Å². The van der Waals surface area contributed by atoms with Crippen LogP contribution in [0, 0.1) is 5.82 Å². The van der Waals surface area contributed by atoms with Gasteiger partial charge < -0.3 is 10.1 Å². The largest absolute Gasteiger partial charge is 0.381 e. The van der Waals surface area contributed by atoms with Crippen molar-refractivity contribution < 1.29 is 9.13 Å². The van der Waals surface area contributed by atoms with Gasteiger partial charge in [-0.05, 0) is 32.4 Å². The fraction of sp³-hybridized carbons (Fsp3) is 0.571. The van der Waals surface area contributed by atoms with Gasteiger partial charge in [-0.3, -0.25) is 0 Å². The van der Waals surface area contributed by atoms with Crippen molar-refractivity contribution in [2.24, 2.45) is 0 Å². The molecule has 2 nitrogen and oxygen atoms in total. The number of benzene rings is 1. The minimum absolute atomic E-state index is 0.0439. The molecular weight excluding hydrogens is 217 g/mol. The Balaban J connectivity index is 2.21. The summed E-state index contributed by atoms with van der Waals surface area (Å²) in [5, 5.41) is 3.30. The predicted molar refractivity (Wildman–Crippen MR) is 68.5 cm³/mol. The van der Waals surface area contributed by atoms with Gasteiger partial charge in [-0.25, -0.2) is 4.39 Å². The minimum atomic E-state index is -0.144. The fourth-order valence-electron chi connectivity index (χ4n) is 1.68. The van der Waals surface area contributed by atoms with Gasteiger partial charge in [0.2, 0.25) is 0 Å². The lowest BCUT2D eigenvalue weighted by molar-refractivity contribution is 0.131. The summed E-state index contributed by atoms with van der Waals surface area (Å²) in [5.41, 5.74) is 0.724. The SMILES string of the molecule is CCCOCCCNC(C)c1ccccc1F. The molecule has 96 valence electrons. The van der Waals surface area contributed by atoms with Crippen molar-refractivity contribution in [2.45, 2.75) is 32.7 Å². The second kappa shape index (κ2) is 8.20. The van der Waals surface area contributed by atoms with Gasteiger partial charge >= 0.3 is 0 Å². The molecule has 0 radical (unpaired) electrons. The second-order valence-electron chi connectivity index (χ2n) is 4.16. The van der Waals surface area contributed by atoms with Gasteiger partial charge in [0.1, 0.15) is 5.82 Å². The van der Waals surface area contributed by atoms with Crippen LogP contribution in [0.2, 0.25) is 0 Å². The van der Waals surface area contributed by atoms with E-state index >= 15 is 0 Å². The molecule has 0 fully saturated rings. The summed E-state index contributed by atoms with van der Waals surface area (Å²) < 4.78 is 18.8. The number of hydrogen-bond donors (Lipinski definition) is 1. The molecule has 0 saturated carbocycles. The first-order valence-corrected chi connectivity index (χ1v) is 6.31. The van der Waals surface area contributed by atoms with E-state index in [9.17, 15) is 4.39 Å². The summed E-state index contributed by atoms with van der Waals surface area (Å²) in [6.45, 7) is 6.51. The highest BCUT2D eigenvalue weighted by Gasteiger charge is 2.08. The summed E-state index contributed by atoms with van der Waals surface area (Å²) in [5.74, 6) is -0.144. The standard InChI is InChI=1S/C14H22FNO/c1-3-10-17-11-6-9-16-12(2)13-7-4-5-8-14(13)15/h4-5,7-8,12,16H,3,6,9-11H2,1-2H3. The van der Waals surface area contributed by atoms with E-state index in [1.807, 2.05) is 19.1 Å². The van der Waals surface area contributed by atoms with Crippen LogP contribution in [0.4, 0.5) is 4.39 Å². The molecule has 0 saturated heterocycles. The molecule has 0 spiro atoms. The zero-order valence-electron chi connectivity index (χ0n) is 10.7. The predicted octanol–water partition coefficient (Wildman–Crippen LogP) is 3.29. The molecule has 1 atom stereocenters. The average Bonchev–Trinajstić information content (AvgIpc) is 2.34. The van der Waals surface area contributed by atoms with Gasteiger partial charge in [0, 0.05) is 24.8 Å². The molecule has 17 heavy (non-hydrogen) atoms. The van der Waals surface area contributed by atoms with Crippen molar-refractivity contribution in [2.75, 3.05) is 19.8 Å². The quantitative estimate of drug-likeness (QED) is 0.703. The van der Waals surface area contributed by atoms with E-state index in [-0.39, 0.29) is 11.9 Å². The molecule has 0 amide bonds. The number of ether oxygens (including phenoxy) is 1. The lowest BCUT2D eigenvalue weighted by Crippen LogP contribution is -2.21. The first-order valence-electron chi connectivity index (χ1n) is 6.31. The highest BCUT2D eigenvalue weighted by Crippen LogP contribution is 2.15. The smallest absolute Gasteiger partial charge is 0.127 e. The molecule has 0 aromatic heterocycles. The van der Waals surface area contributed by atoms with Crippen molar-refractivity contribution in [3.8, 4) is 0 Å². The van der Waals surface area contributed by atoms with Crippen LogP contribution in [-0.2, 0) is 4.74 Å². The van der Waals surface area contributed by atoms with Crippen molar-refractivity contribution in [1.82, 2.24) is 5.32 Å². The van der Waals surface area contributed by atoms with Crippen LogP contribution in [0.15, 0.2) is 24.3 Å². The Morgan fingerprint density at radius 3 is 2.76 bits per heavy atom. The zero-order valence-corrected chi connectivity index (χ0v) is 10.7. The Labute approximate surface area is 103 Å². The third kappa shape index (κ3) is 5.29. The molecule has 1 aromatic rings. The maximum Gasteiger partial charge on any atom is 0.127 e. The molecular formula is C14H22FNO. The molecule has 0 heterocycles. The Hall–Kier alpha value is -0.930. The van der Waals surface area contributed by atoms with Gasteiger partial charge in [-0.15, -0.1) is 0 Å². The Kier molecular flexibility index (Phi) is 6.82. The van der Waals surface area contributed by atoms with Crippen LogP contribution in [-0.4, -0.2) is 19.8 Å². The van der Waals surface area contributed by atoms with Gasteiger partial charge in [-0.2, -0.15) is 0 Å². The highest BCUT2D eigenvalue weighted by molar-refractivity contribution is 5.20. The molecule has 0 aliphatic rings. The van der Waals surface area contributed by atoms with Gasteiger partial charge in [0.15, 0.2) is 0 Å². The Bertz CT molecular complexity index is 317. The molecule has 0 bridgehead atoms. The lowest BCUT2D eigenvalue weighted by atomic mass is 10.1. The first kappa shape index (κ1) is 14.1. The van der Waals surface area contributed by atoms with Crippen LogP contribution >= 0.6 is 0 Å². The Morgan fingerprint density at radius 2 is 2.06 bits per heavy atom. The van der Waals surface area contributed by atoms with Crippen LogP contribution in [0.25, 0.3) is 0 Å². The molecule has 0 aliphatic heterocycles. The van der Waals surface area contributed by atoms with Crippen molar-refractivity contribution >= 4 is 0 Å². The summed E-state index contributed by atoms with van der Waals surface area (Å²) in [4.78, 5) is 0. The number of rotatable bonds is 8. The average molecular weight is 239 g/mol. The van der Waals surface area contributed by atoms with Crippen LogP contribution in [0.3, 0.4) is 0 Å². The monoisotopic (exact) mass is 239 g/mol. The molecule has 1 aromatic carbocycles. The highest BCUT2D eigenvalue weighted by atomic mass is 19.1. The van der Waals surface area contributed by atoms with E-state index in [0.717, 1.165) is 38.2 Å². The summed E-state index contributed by atoms with van der Waals surface area (Å²) in [6, 6.07) is 6.94. The molecule has 3 heteroatoms. The fourth-order valence-corrected chi connectivity index (χ4v) is 1.68. The normalized spacial score (nSPS) is 12.6. The molecule has 1 unspecified atom stereocenters. The third-order valence-corrected chi connectivity index (χ3v) is 2.64. The van der Waals surface area contributed by atoms with Crippen LogP contribution < -0.4 is 5.32 Å². The minimum Gasteiger partial charge on any atom is -0.381 e. The lowest BCUT2D eigenvalue weighted by Gasteiger charge is -2.14. The van der Waals surface area contributed by atoms with Crippen LogP contribution in [0.1, 0.15) is 38.3 Å². The van der Waals surface area contributed by atoms with Crippen LogP contribution in [0.5, 0.6) is 0 Å². The van der Waals surface area contributed by atoms with E-state index in [1.165, 1.54) is 6.07 Å². The van der Waals surface area contributed by atoms with Crippen molar-refractivity contribution in [1.29, 1.82) is 0 Å². The maximum absolute atomic E-state index is 13.5. The van der Waals surface area contributed by atoms with Gasteiger partial charge in [0.05, 0.1) is 0 Å². The van der Waals surface area contributed by atoms with E-state index < -0.39 is 0 Å². The van der Waals surface area contributed by atoms with E-state index in [0.29, 0.717) is 0 Å². The summed E-state index contributed by atoms with van der Waals surface area (Å²) in [6.07, 6.45) is 2.01. The van der Waals surface area contributed by atoms with E-state index in [1.54, 1.807) is 6.07 Å². The van der Waals surface area contributed by atoms with E-state index in [2.05, 4.69) is 12.2 Å². The first-order chi connectivity index (χ1) is 8.25. The molecule has 1 N–H and O–H groups in total. The number of halogens is 1. The second-order valence-corrected chi connectivity index (χ2v) is 4.16. The van der Waals surface area contributed by atoms with Gasteiger partial charge in [0.25, 0.3) is 0 Å². The third-order valence-electron chi connectivity index (χ3n) is 2.64. The molecule has 1 rings (SSSR count). The van der Waals surface area contributed by atoms with Crippen molar-refractivity contribution in [3.63, 3.8) is 0 Å². The summed E-state index contributed by atoms with van der Waals surface area (Å²) >= 11 is 0. The van der Waals surface area contributed by atoms with Gasteiger partial charge in [-0.1, -0.05) is 25.1 Å². The molecule has 0 aliphatic carbocycles. The topological polar surface area (TPSA) is 21.3 Å². The maximum atomic E-state index is 13.5. The number of hydrogen-bond acceptors (Lipinski definition) is 2. The zero-order chi connectivity index (χ0) is 12.5.